The minimum absolute atomic E-state index is 0.238. The first-order valence-corrected chi connectivity index (χ1v) is 15.0. The number of hydrogen-bond donors (Lipinski definition) is 0. The number of rotatable bonds is 2. The second kappa shape index (κ2) is 8.92. The molecule has 5 aromatic carbocycles. The highest BCUT2D eigenvalue weighted by molar-refractivity contribution is 6.13. The van der Waals surface area contributed by atoms with Gasteiger partial charge >= 0.3 is 0 Å². The van der Waals surface area contributed by atoms with Gasteiger partial charge in [0.25, 0.3) is 0 Å². The number of fused-ring (bicyclic) bond motifs is 10. The monoisotopic (exact) mass is 575 g/mol. The van der Waals surface area contributed by atoms with E-state index in [-0.39, 0.29) is 5.41 Å². The maximum Gasteiger partial charge on any atom is 0.140 e. The van der Waals surface area contributed by atoms with Gasteiger partial charge in [-0.05, 0) is 76.9 Å². The van der Waals surface area contributed by atoms with Crippen LogP contribution in [0.25, 0.3) is 66.4 Å². The van der Waals surface area contributed by atoms with E-state index in [1.807, 2.05) is 54.6 Å². The van der Waals surface area contributed by atoms with Gasteiger partial charge in [0, 0.05) is 27.0 Å². The molecule has 3 aromatic heterocycles. The standard InChI is InChI=1S/C40H25N5/c1-40(2)32-10-5-3-8-26(32)28-16-17-29-31-21-25(23-42)15-19-35(31)45(39(29)38(28)40)37-13-7-12-36(43-37)44-33-11-6-4-9-27(33)30-20-24(22-41)14-18-34(30)44/h3-21H,1-2H3. The molecular formula is C40H25N5. The summed E-state index contributed by atoms with van der Waals surface area (Å²) in [5.74, 6) is 1.60. The van der Waals surface area contributed by atoms with E-state index in [0.29, 0.717) is 11.1 Å². The Morgan fingerprint density at radius 3 is 1.93 bits per heavy atom. The van der Waals surface area contributed by atoms with Crippen molar-refractivity contribution in [2.24, 2.45) is 0 Å². The normalized spacial score (nSPS) is 13.2. The summed E-state index contributed by atoms with van der Waals surface area (Å²) >= 11 is 0. The van der Waals surface area contributed by atoms with Crippen molar-refractivity contribution in [3.8, 4) is 34.9 Å². The summed E-state index contributed by atoms with van der Waals surface area (Å²) in [5, 5.41) is 23.7. The van der Waals surface area contributed by atoms with Gasteiger partial charge in [0.1, 0.15) is 11.6 Å². The first-order valence-electron chi connectivity index (χ1n) is 15.0. The summed E-state index contributed by atoms with van der Waals surface area (Å²) in [7, 11) is 0. The molecule has 0 bridgehead atoms. The number of hydrogen-bond acceptors (Lipinski definition) is 3. The molecule has 1 aliphatic carbocycles. The summed E-state index contributed by atoms with van der Waals surface area (Å²) in [6, 6.07) is 44.0. The van der Waals surface area contributed by atoms with Crippen molar-refractivity contribution in [3.63, 3.8) is 0 Å². The molecule has 210 valence electrons. The average molecular weight is 576 g/mol. The lowest BCUT2D eigenvalue weighted by Gasteiger charge is -2.23. The largest absolute Gasteiger partial charge is 0.294 e. The van der Waals surface area contributed by atoms with Gasteiger partial charge in [-0.1, -0.05) is 74.5 Å². The first kappa shape index (κ1) is 25.3. The summed E-state index contributed by atoms with van der Waals surface area (Å²) in [6.07, 6.45) is 0. The van der Waals surface area contributed by atoms with Gasteiger partial charge in [0.05, 0.1) is 45.3 Å². The molecule has 0 spiro atoms. The molecule has 0 saturated heterocycles. The predicted octanol–water partition coefficient (Wildman–Crippen LogP) is 9.33. The zero-order chi connectivity index (χ0) is 30.4. The lowest BCUT2D eigenvalue weighted by molar-refractivity contribution is 0.663. The topological polar surface area (TPSA) is 70.3 Å². The molecule has 0 unspecified atom stereocenters. The Labute approximate surface area is 259 Å². The Kier molecular flexibility index (Phi) is 5.03. The van der Waals surface area contributed by atoms with Crippen LogP contribution in [0.4, 0.5) is 0 Å². The van der Waals surface area contributed by atoms with Gasteiger partial charge in [0.2, 0.25) is 0 Å². The molecule has 0 fully saturated rings. The fraction of sp³-hybridized carbons (Fsp3) is 0.0750. The molecule has 0 N–H and O–H groups in total. The summed E-state index contributed by atoms with van der Waals surface area (Å²) in [4.78, 5) is 5.36. The van der Waals surface area contributed by atoms with Crippen LogP contribution >= 0.6 is 0 Å². The van der Waals surface area contributed by atoms with E-state index in [4.69, 9.17) is 4.98 Å². The highest BCUT2D eigenvalue weighted by Gasteiger charge is 2.38. The quantitative estimate of drug-likeness (QED) is 0.206. The Morgan fingerprint density at radius 2 is 1.18 bits per heavy atom. The van der Waals surface area contributed by atoms with E-state index in [0.717, 1.165) is 55.2 Å². The highest BCUT2D eigenvalue weighted by atomic mass is 15.1. The van der Waals surface area contributed by atoms with Crippen molar-refractivity contribution in [3.05, 3.63) is 138 Å². The van der Waals surface area contributed by atoms with E-state index in [1.54, 1.807) is 0 Å². The molecule has 0 aliphatic heterocycles. The molecule has 9 rings (SSSR count). The Balaban J connectivity index is 1.38. The van der Waals surface area contributed by atoms with Crippen LogP contribution in [0, 0.1) is 22.7 Å². The minimum atomic E-state index is -0.238. The fourth-order valence-electron chi connectivity index (χ4n) is 7.62. The highest BCUT2D eigenvalue weighted by Crippen LogP contribution is 2.52. The molecule has 0 atom stereocenters. The Bertz CT molecular complexity index is 2650. The number of benzene rings is 5. The molecule has 0 saturated carbocycles. The van der Waals surface area contributed by atoms with Crippen LogP contribution in [0.15, 0.2) is 115 Å². The number of nitrogens with zero attached hydrogens (tertiary/aromatic N) is 5. The van der Waals surface area contributed by atoms with Crippen LogP contribution in [-0.2, 0) is 5.41 Å². The lowest BCUT2D eigenvalue weighted by Crippen LogP contribution is -2.16. The minimum Gasteiger partial charge on any atom is -0.294 e. The Morgan fingerprint density at radius 1 is 0.556 bits per heavy atom. The molecule has 5 nitrogen and oxygen atoms in total. The summed E-state index contributed by atoms with van der Waals surface area (Å²) in [6.45, 7) is 4.61. The van der Waals surface area contributed by atoms with Crippen LogP contribution in [0.3, 0.4) is 0 Å². The third-order valence-electron chi connectivity index (χ3n) is 9.55. The molecule has 0 amide bonds. The zero-order valence-electron chi connectivity index (χ0n) is 24.7. The third-order valence-corrected chi connectivity index (χ3v) is 9.55. The van der Waals surface area contributed by atoms with Crippen molar-refractivity contribution in [2.45, 2.75) is 19.3 Å². The van der Waals surface area contributed by atoms with E-state index in [9.17, 15) is 10.5 Å². The SMILES string of the molecule is CC1(C)c2ccccc2-c2ccc3c4cc(C#N)ccc4n(-c4cccc(-n5c6ccccc6c6cc(C#N)ccc65)n4)c3c21. The van der Waals surface area contributed by atoms with Crippen molar-refractivity contribution in [1.82, 2.24) is 14.1 Å². The second-order valence-corrected chi connectivity index (χ2v) is 12.3. The van der Waals surface area contributed by atoms with Crippen LogP contribution in [0.5, 0.6) is 0 Å². The van der Waals surface area contributed by atoms with E-state index in [2.05, 4.69) is 95.8 Å². The van der Waals surface area contributed by atoms with Crippen LogP contribution in [0.2, 0.25) is 0 Å². The van der Waals surface area contributed by atoms with E-state index < -0.39 is 0 Å². The maximum atomic E-state index is 9.81. The molecule has 3 heterocycles. The van der Waals surface area contributed by atoms with Crippen LogP contribution in [0.1, 0.15) is 36.1 Å². The molecule has 1 aliphatic rings. The maximum absolute atomic E-state index is 9.81. The first-order chi connectivity index (χ1) is 22.0. The number of para-hydroxylation sites is 1. The van der Waals surface area contributed by atoms with E-state index in [1.165, 1.54) is 22.3 Å². The van der Waals surface area contributed by atoms with Gasteiger partial charge in [-0.2, -0.15) is 10.5 Å². The van der Waals surface area contributed by atoms with Gasteiger partial charge < -0.3 is 0 Å². The van der Waals surface area contributed by atoms with Gasteiger partial charge in [-0.15, -0.1) is 0 Å². The van der Waals surface area contributed by atoms with E-state index >= 15 is 0 Å². The smallest absolute Gasteiger partial charge is 0.140 e. The van der Waals surface area contributed by atoms with Gasteiger partial charge in [-0.3, -0.25) is 9.13 Å². The second-order valence-electron chi connectivity index (χ2n) is 12.3. The molecule has 8 aromatic rings. The summed E-state index contributed by atoms with van der Waals surface area (Å²) < 4.78 is 4.46. The van der Waals surface area contributed by atoms with Gasteiger partial charge in [0.15, 0.2) is 0 Å². The van der Waals surface area contributed by atoms with Gasteiger partial charge in [-0.25, -0.2) is 4.98 Å². The molecule has 45 heavy (non-hydrogen) atoms. The van der Waals surface area contributed by atoms with Crippen molar-refractivity contribution in [1.29, 1.82) is 10.5 Å². The number of aromatic nitrogens is 3. The van der Waals surface area contributed by atoms with Crippen LogP contribution in [-0.4, -0.2) is 14.1 Å². The molecule has 0 radical (unpaired) electrons. The summed E-state index contributed by atoms with van der Waals surface area (Å²) in [5.41, 5.74) is 10.3. The van der Waals surface area contributed by atoms with Crippen molar-refractivity contribution in [2.75, 3.05) is 0 Å². The van der Waals surface area contributed by atoms with Crippen LogP contribution < -0.4 is 0 Å². The Hall–Kier alpha value is -6.17. The lowest BCUT2D eigenvalue weighted by atomic mass is 9.81. The van der Waals surface area contributed by atoms with Crippen molar-refractivity contribution >= 4 is 43.6 Å². The zero-order valence-corrected chi connectivity index (χ0v) is 24.7. The predicted molar refractivity (Wildman–Crippen MR) is 180 cm³/mol. The third kappa shape index (κ3) is 3.33. The average Bonchev–Trinajstić information content (AvgIpc) is 3.67. The number of nitriles is 2. The van der Waals surface area contributed by atoms with Crippen molar-refractivity contribution < 1.29 is 0 Å². The molecular weight excluding hydrogens is 550 g/mol. The fourth-order valence-corrected chi connectivity index (χ4v) is 7.62. The molecule has 5 heteroatoms. The number of pyridine rings is 1.